The van der Waals surface area contributed by atoms with Crippen molar-refractivity contribution in [2.24, 2.45) is 0 Å². The maximum absolute atomic E-state index is 12.6. The third kappa shape index (κ3) is 5.71. The smallest absolute Gasteiger partial charge is 0.270 e. The second kappa shape index (κ2) is 9.92. The number of rotatable bonds is 8. The van der Waals surface area contributed by atoms with Crippen molar-refractivity contribution in [2.45, 2.75) is 32.2 Å². The van der Waals surface area contributed by atoms with Crippen molar-refractivity contribution in [3.63, 3.8) is 0 Å². The average Bonchev–Trinajstić information content (AvgIpc) is 3.28. The number of benzene rings is 2. The highest BCUT2D eigenvalue weighted by molar-refractivity contribution is 6.01. The van der Waals surface area contributed by atoms with Crippen LogP contribution >= 0.6 is 0 Å². The minimum Gasteiger partial charge on any atom is -0.387 e. The molecule has 31 heavy (non-hydrogen) atoms. The Kier molecular flexibility index (Phi) is 7.07. The van der Waals surface area contributed by atoms with Crippen LogP contribution in [0.3, 0.4) is 0 Å². The molecule has 1 fully saturated rings. The molecule has 0 aromatic heterocycles. The van der Waals surface area contributed by atoms with Gasteiger partial charge in [-0.05, 0) is 44.0 Å². The van der Waals surface area contributed by atoms with E-state index in [1.165, 1.54) is 31.0 Å². The molecule has 1 saturated heterocycles. The summed E-state index contributed by atoms with van der Waals surface area (Å²) in [7, 11) is 1.63. The molecule has 0 radical (unpaired) electrons. The van der Waals surface area contributed by atoms with Crippen LogP contribution in [0.5, 0.6) is 0 Å². The van der Waals surface area contributed by atoms with Gasteiger partial charge in [0, 0.05) is 61.8 Å². The zero-order chi connectivity index (χ0) is 22.4. The topological polar surface area (TPSA) is 117 Å². The first kappa shape index (κ1) is 22.1. The SMILES string of the molecule is CNc1ccc([N+](=O)[O-])cc1C(=O)NC(C)CC(=O)Nc1cccc(N2CCCC2)c1. The molecular formula is C22H27N5O4. The summed E-state index contributed by atoms with van der Waals surface area (Å²) in [5, 5.41) is 19.5. The lowest BCUT2D eigenvalue weighted by Crippen LogP contribution is -2.35. The molecule has 2 aromatic carbocycles. The van der Waals surface area contributed by atoms with Crippen molar-refractivity contribution in [2.75, 3.05) is 35.7 Å². The molecule has 0 spiro atoms. The Morgan fingerprint density at radius 2 is 1.90 bits per heavy atom. The van der Waals surface area contributed by atoms with Gasteiger partial charge in [-0.3, -0.25) is 19.7 Å². The Morgan fingerprint density at radius 3 is 2.58 bits per heavy atom. The molecule has 1 atom stereocenters. The third-order valence-corrected chi connectivity index (χ3v) is 5.20. The Morgan fingerprint density at radius 1 is 1.16 bits per heavy atom. The van der Waals surface area contributed by atoms with Gasteiger partial charge >= 0.3 is 0 Å². The fraction of sp³-hybridized carbons (Fsp3) is 0.364. The standard InChI is InChI=1S/C22H27N5O4/c1-15(24-22(29)19-14-18(27(30)31)8-9-20(19)23-2)12-21(28)25-16-6-5-7-17(13-16)26-10-3-4-11-26/h5-9,13-15,23H,3-4,10-12H2,1-2H3,(H,24,29)(H,25,28). The summed E-state index contributed by atoms with van der Waals surface area (Å²) < 4.78 is 0. The largest absolute Gasteiger partial charge is 0.387 e. The van der Waals surface area contributed by atoms with Gasteiger partial charge < -0.3 is 20.9 Å². The molecule has 1 aliphatic heterocycles. The van der Waals surface area contributed by atoms with E-state index in [1.54, 1.807) is 14.0 Å². The fourth-order valence-corrected chi connectivity index (χ4v) is 3.65. The predicted molar refractivity (Wildman–Crippen MR) is 121 cm³/mol. The third-order valence-electron chi connectivity index (χ3n) is 5.20. The summed E-state index contributed by atoms with van der Waals surface area (Å²) in [6.07, 6.45) is 2.42. The quantitative estimate of drug-likeness (QED) is 0.441. The van der Waals surface area contributed by atoms with Gasteiger partial charge in [0.15, 0.2) is 0 Å². The van der Waals surface area contributed by atoms with E-state index in [4.69, 9.17) is 0 Å². The fourth-order valence-electron chi connectivity index (χ4n) is 3.65. The molecule has 1 heterocycles. The first-order chi connectivity index (χ1) is 14.9. The van der Waals surface area contributed by atoms with E-state index in [-0.39, 0.29) is 23.6 Å². The zero-order valence-electron chi connectivity index (χ0n) is 17.7. The average molecular weight is 425 g/mol. The Hall–Kier alpha value is -3.62. The number of non-ortho nitro benzene ring substituents is 1. The van der Waals surface area contributed by atoms with Gasteiger partial charge in [0.2, 0.25) is 5.91 Å². The number of nitrogens with zero attached hydrogens (tertiary/aromatic N) is 2. The Balaban J connectivity index is 1.59. The molecule has 0 saturated carbocycles. The number of nitrogens with one attached hydrogen (secondary N) is 3. The van der Waals surface area contributed by atoms with E-state index in [0.717, 1.165) is 18.8 Å². The molecule has 3 rings (SSSR count). The van der Waals surface area contributed by atoms with Gasteiger partial charge in [0.05, 0.1) is 10.5 Å². The molecular weight excluding hydrogens is 398 g/mol. The number of nitro benzene ring substituents is 1. The highest BCUT2D eigenvalue weighted by Crippen LogP contribution is 2.24. The number of nitro groups is 1. The summed E-state index contributed by atoms with van der Waals surface area (Å²) in [6.45, 7) is 3.76. The van der Waals surface area contributed by atoms with E-state index in [1.807, 2.05) is 24.3 Å². The van der Waals surface area contributed by atoms with Crippen molar-refractivity contribution >= 4 is 34.6 Å². The number of amides is 2. The van der Waals surface area contributed by atoms with Crippen molar-refractivity contribution in [1.82, 2.24) is 5.32 Å². The van der Waals surface area contributed by atoms with Gasteiger partial charge in [-0.25, -0.2) is 0 Å². The van der Waals surface area contributed by atoms with Gasteiger partial charge in [-0.15, -0.1) is 0 Å². The summed E-state index contributed by atoms with van der Waals surface area (Å²) >= 11 is 0. The minimum absolute atomic E-state index is 0.0729. The molecule has 1 aliphatic rings. The van der Waals surface area contributed by atoms with Gasteiger partial charge in [0.25, 0.3) is 11.6 Å². The second-order valence-corrected chi connectivity index (χ2v) is 7.61. The number of carbonyl (C=O) groups excluding carboxylic acids is 2. The van der Waals surface area contributed by atoms with E-state index < -0.39 is 16.9 Å². The van der Waals surface area contributed by atoms with E-state index in [0.29, 0.717) is 11.4 Å². The molecule has 0 aliphatic carbocycles. The lowest BCUT2D eigenvalue weighted by Gasteiger charge is -2.19. The molecule has 9 nitrogen and oxygen atoms in total. The van der Waals surface area contributed by atoms with Crippen LogP contribution in [-0.2, 0) is 4.79 Å². The molecule has 9 heteroatoms. The highest BCUT2D eigenvalue weighted by Gasteiger charge is 2.19. The second-order valence-electron chi connectivity index (χ2n) is 7.61. The number of hydrogen-bond donors (Lipinski definition) is 3. The maximum Gasteiger partial charge on any atom is 0.270 e. The van der Waals surface area contributed by atoms with Crippen molar-refractivity contribution in [1.29, 1.82) is 0 Å². The van der Waals surface area contributed by atoms with Crippen LogP contribution in [0, 0.1) is 10.1 Å². The van der Waals surface area contributed by atoms with Crippen LogP contribution in [-0.4, -0.2) is 42.9 Å². The zero-order valence-corrected chi connectivity index (χ0v) is 17.7. The maximum atomic E-state index is 12.6. The molecule has 2 amide bonds. The van der Waals surface area contributed by atoms with Gasteiger partial charge in [-0.1, -0.05) is 6.07 Å². The summed E-state index contributed by atoms with van der Waals surface area (Å²) in [5.41, 5.74) is 2.25. The number of anilines is 3. The first-order valence-electron chi connectivity index (χ1n) is 10.3. The minimum atomic E-state index is -0.552. The van der Waals surface area contributed by atoms with Gasteiger partial charge in [0.1, 0.15) is 0 Å². The molecule has 3 N–H and O–H groups in total. The van der Waals surface area contributed by atoms with Gasteiger partial charge in [-0.2, -0.15) is 0 Å². The Labute approximate surface area is 181 Å². The molecule has 164 valence electrons. The lowest BCUT2D eigenvalue weighted by molar-refractivity contribution is -0.384. The number of hydrogen-bond acceptors (Lipinski definition) is 6. The van der Waals surface area contributed by atoms with Crippen LogP contribution in [0.4, 0.5) is 22.7 Å². The van der Waals surface area contributed by atoms with Crippen molar-refractivity contribution < 1.29 is 14.5 Å². The number of carbonyl (C=O) groups is 2. The van der Waals surface area contributed by atoms with Crippen LogP contribution < -0.4 is 20.9 Å². The van der Waals surface area contributed by atoms with Crippen molar-refractivity contribution in [3.8, 4) is 0 Å². The van der Waals surface area contributed by atoms with Crippen LogP contribution in [0.15, 0.2) is 42.5 Å². The summed E-state index contributed by atoms with van der Waals surface area (Å²) in [4.78, 5) is 37.9. The lowest BCUT2D eigenvalue weighted by atomic mass is 10.1. The first-order valence-corrected chi connectivity index (χ1v) is 10.3. The van der Waals surface area contributed by atoms with E-state index in [2.05, 4.69) is 20.9 Å². The van der Waals surface area contributed by atoms with Crippen LogP contribution in [0.2, 0.25) is 0 Å². The normalized spacial score (nSPS) is 14.1. The Bertz CT molecular complexity index is 972. The predicted octanol–water partition coefficient (Wildman–Crippen LogP) is 3.38. The summed E-state index contributed by atoms with van der Waals surface area (Å²) in [5.74, 6) is -0.705. The van der Waals surface area contributed by atoms with E-state index >= 15 is 0 Å². The molecule has 2 aromatic rings. The highest BCUT2D eigenvalue weighted by atomic mass is 16.6. The van der Waals surface area contributed by atoms with Crippen LogP contribution in [0.25, 0.3) is 0 Å². The molecule has 1 unspecified atom stereocenters. The summed E-state index contributed by atoms with van der Waals surface area (Å²) in [6, 6.07) is 11.3. The van der Waals surface area contributed by atoms with E-state index in [9.17, 15) is 19.7 Å². The molecule has 0 bridgehead atoms. The van der Waals surface area contributed by atoms with Crippen molar-refractivity contribution in [3.05, 3.63) is 58.1 Å². The monoisotopic (exact) mass is 425 g/mol. The van der Waals surface area contributed by atoms with Crippen LogP contribution in [0.1, 0.15) is 36.5 Å².